The normalized spacial score (nSPS) is 15.2. The van der Waals surface area contributed by atoms with Crippen LogP contribution >= 0.6 is 0 Å². The fourth-order valence-corrected chi connectivity index (χ4v) is 2.32. The van der Waals surface area contributed by atoms with Gasteiger partial charge >= 0.3 is 6.03 Å². The van der Waals surface area contributed by atoms with E-state index in [1.807, 2.05) is 0 Å². The van der Waals surface area contributed by atoms with Crippen LogP contribution in [0, 0.1) is 17.0 Å². The first-order chi connectivity index (χ1) is 9.06. The predicted octanol–water partition coefficient (Wildman–Crippen LogP) is 2.97. The van der Waals surface area contributed by atoms with Crippen LogP contribution in [-0.4, -0.2) is 17.0 Å². The number of aryl methyl sites for hydroxylation is 1. The zero-order valence-electron chi connectivity index (χ0n) is 10.8. The summed E-state index contributed by atoms with van der Waals surface area (Å²) in [5, 5.41) is 16.3. The lowest BCUT2D eigenvalue weighted by molar-refractivity contribution is -0.384. The second-order valence-corrected chi connectivity index (χ2v) is 4.84. The molecule has 2 N–H and O–H groups in total. The van der Waals surface area contributed by atoms with E-state index in [0.29, 0.717) is 11.3 Å². The number of nitro benzene ring substituents is 1. The van der Waals surface area contributed by atoms with Crippen molar-refractivity contribution in [3.63, 3.8) is 0 Å². The van der Waals surface area contributed by atoms with Gasteiger partial charge in [0.05, 0.1) is 4.92 Å². The number of hydrogen-bond acceptors (Lipinski definition) is 3. The van der Waals surface area contributed by atoms with Crippen molar-refractivity contribution in [1.82, 2.24) is 5.32 Å². The number of nitrogens with one attached hydrogen (secondary N) is 2. The molecule has 6 heteroatoms. The Morgan fingerprint density at radius 2 is 2.05 bits per heavy atom. The molecule has 1 aromatic rings. The maximum Gasteiger partial charge on any atom is 0.319 e. The number of urea groups is 1. The number of anilines is 1. The van der Waals surface area contributed by atoms with Crippen molar-refractivity contribution in [1.29, 1.82) is 0 Å². The molecule has 19 heavy (non-hydrogen) atoms. The average Bonchev–Trinajstić information content (AvgIpc) is 2.84. The topological polar surface area (TPSA) is 84.3 Å². The fraction of sp³-hybridized carbons (Fsp3) is 0.462. The van der Waals surface area contributed by atoms with Gasteiger partial charge in [0.1, 0.15) is 0 Å². The Bertz CT molecular complexity index is 496. The Kier molecular flexibility index (Phi) is 3.99. The second-order valence-electron chi connectivity index (χ2n) is 4.84. The van der Waals surface area contributed by atoms with Crippen LogP contribution in [0.15, 0.2) is 18.2 Å². The average molecular weight is 263 g/mol. The summed E-state index contributed by atoms with van der Waals surface area (Å²) in [6, 6.07) is 4.40. The number of non-ortho nitro benzene ring substituents is 1. The Balaban J connectivity index is 1.98. The van der Waals surface area contributed by atoms with Crippen molar-refractivity contribution in [3.8, 4) is 0 Å². The maximum atomic E-state index is 11.8. The zero-order chi connectivity index (χ0) is 13.8. The molecule has 1 aliphatic carbocycles. The molecule has 2 amide bonds. The molecule has 102 valence electrons. The van der Waals surface area contributed by atoms with Crippen molar-refractivity contribution < 1.29 is 9.72 Å². The van der Waals surface area contributed by atoms with E-state index >= 15 is 0 Å². The Morgan fingerprint density at radius 3 is 2.63 bits per heavy atom. The number of carbonyl (C=O) groups excluding carboxylic acids is 1. The quantitative estimate of drug-likeness (QED) is 0.649. The van der Waals surface area contributed by atoms with E-state index in [2.05, 4.69) is 10.6 Å². The second kappa shape index (κ2) is 5.69. The molecule has 0 heterocycles. The van der Waals surface area contributed by atoms with Gasteiger partial charge in [-0.15, -0.1) is 0 Å². The highest BCUT2D eigenvalue weighted by atomic mass is 16.6. The molecule has 0 spiro atoms. The van der Waals surface area contributed by atoms with Gasteiger partial charge in [0, 0.05) is 23.9 Å². The minimum atomic E-state index is -0.449. The van der Waals surface area contributed by atoms with Crippen LogP contribution in [0.2, 0.25) is 0 Å². The summed E-state index contributed by atoms with van der Waals surface area (Å²) < 4.78 is 0. The molecule has 0 aliphatic heterocycles. The van der Waals surface area contributed by atoms with Gasteiger partial charge < -0.3 is 10.6 Å². The number of amides is 2. The number of rotatable bonds is 3. The molecular formula is C13H17N3O3. The summed E-state index contributed by atoms with van der Waals surface area (Å²) in [4.78, 5) is 22.0. The van der Waals surface area contributed by atoms with E-state index in [0.717, 1.165) is 25.7 Å². The molecule has 0 unspecified atom stereocenters. The lowest BCUT2D eigenvalue weighted by Crippen LogP contribution is -2.36. The van der Waals surface area contributed by atoms with E-state index in [1.165, 1.54) is 12.1 Å². The fourth-order valence-electron chi connectivity index (χ4n) is 2.32. The van der Waals surface area contributed by atoms with Crippen LogP contribution < -0.4 is 10.6 Å². The van der Waals surface area contributed by atoms with Gasteiger partial charge in [-0.2, -0.15) is 0 Å². The summed E-state index contributed by atoms with van der Waals surface area (Å²) in [6.07, 6.45) is 4.35. The first kappa shape index (κ1) is 13.3. The summed E-state index contributed by atoms with van der Waals surface area (Å²) in [7, 11) is 0. The third-order valence-electron chi connectivity index (χ3n) is 3.36. The highest BCUT2D eigenvalue weighted by Crippen LogP contribution is 2.22. The summed E-state index contributed by atoms with van der Waals surface area (Å²) in [5.74, 6) is 0. The molecule has 6 nitrogen and oxygen atoms in total. The van der Waals surface area contributed by atoms with E-state index in [1.54, 1.807) is 13.0 Å². The summed E-state index contributed by atoms with van der Waals surface area (Å²) in [5.41, 5.74) is 1.30. The molecule has 1 aromatic carbocycles. The number of nitro groups is 1. The third-order valence-corrected chi connectivity index (χ3v) is 3.36. The van der Waals surface area contributed by atoms with Crippen molar-refractivity contribution in [2.75, 3.05) is 5.32 Å². The Morgan fingerprint density at radius 1 is 1.37 bits per heavy atom. The van der Waals surface area contributed by atoms with Gasteiger partial charge in [-0.25, -0.2) is 4.79 Å². The van der Waals surface area contributed by atoms with Gasteiger partial charge in [0.2, 0.25) is 0 Å². The van der Waals surface area contributed by atoms with Crippen LogP contribution in [-0.2, 0) is 0 Å². The van der Waals surface area contributed by atoms with E-state index in [9.17, 15) is 14.9 Å². The number of benzene rings is 1. The van der Waals surface area contributed by atoms with Gasteiger partial charge in [-0.3, -0.25) is 10.1 Å². The van der Waals surface area contributed by atoms with Gasteiger partial charge in [0.25, 0.3) is 5.69 Å². The first-order valence-corrected chi connectivity index (χ1v) is 6.39. The van der Waals surface area contributed by atoms with Crippen molar-refractivity contribution >= 4 is 17.4 Å². The van der Waals surface area contributed by atoms with Gasteiger partial charge in [0.15, 0.2) is 0 Å². The van der Waals surface area contributed by atoms with E-state index < -0.39 is 4.92 Å². The highest BCUT2D eigenvalue weighted by Gasteiger charge is 2.17. The Hall–Kier alpha value is -2.11. The first-order valence-electron chi connectivity index (χ1n) is 6.39. The van der Waals surface area contributed by atoms with Gasteiger partial charge in [-0.1, -0.05) is 12.8 Å². The van der Waals surface area contributed by atoms with Crippen molar-refractivity contribution in [3.05, 3.63) is 33.9 Å². The maximum absolute atomic E-state index is 11.8. The summed E-state index contributed by atoms with van der Waals surface area (Å²) in [6.45, 7) is 1.73. The molecule has 1 saturated carbocycles. The molecule has 1 fully saturated rings. The monoisotopic (exact) mass is 263 g/mol. The van der Waals surface area contributed by atoms with Gasteiger partial charge in [-0.05, 0) is 31.4 Å². The molecule has 2 rings (SSSR count). The Labute approximate surface area is 111 Å². The zero-order valence-corrected chi connectivity index (χ0v) is 10.8. The van der Waals surface area contributed by atoms with Crippen LogP contribution in [0.1, 0.15) is 31.2 Å². The SMILES string of the molecule is Cc1cc([N+](=O)[O-])ccc1NC(=O)NC1CCCC1. The number of carbonyl (C=O) groups is 1. The third kappa shape index (κ3) is 3.43. The van der Waals surface area contributed by atoms with Crippen LogP contribution in [0.4, 0.5) is 16.2 Å². The van der Waals surface area contributed by atoms with E-state index in [-0.39, 0.29) is 17.8 Å². The van der Waals surface area contributed by atoms with Crippen molar-refractivity contribution in [2.24, 2.45) is 0 Å². The molecule has 0 saturated heterocycles. The standard InChI is InChI=1S/C13H17N3O3/c1-9-8-11(16(18)19)6-7-12(9)15-13(17)14-10-4-2-3-5-10/h6-8,10H,2-5H2,1H3,(H2,14,15,17). The molecule has 0 atom stereocenters. The minimum Gasteiger partial charge on any atom is -0.335 e. The van der Waals surface area contributed by atoms with Crippen molar-refractivity contribution in [2.45, 2.75) is 38.6 Å². The smallest absolute Gasteiger partial charge is 0.319 e. The molecule has 0 aromatic heterocycles. The number of hydrogen-bond donors (Lipinski definition) is 2. The molecule has 0 radical (unpaired) electrons. The molecular weight excluding hydrogens is 246 g/mol. The van der Waals surface area contributed by atoms with Crippen LogP contribution in [0.3, 0.4) is 0 Å². The van der Waals surface area contributed by atoms with E-state index in [4.69, 9.17) is 0 Å². The lowest BCUT2D eigenvalue weighted by atomic mass is 10.2. The lowest BCUT2D eigenvalue weighted by Gasteiger charge is -2.14. The van der Waals surface area contributed by atoms with Crippen LogP contribution in [0.25, 0.3) is 0 Å². The predicted molar refractivity (Wildman–Crippen MR) is 72.2 cm³/mol. The molecule has 1 aliphatic rings. The highest BCUT2D eigenvalue weighted by molar-refractivity contribution is 5.90. The number of nitrogens with zero attached hydrogens (tertiary/aromatic N) is 1. The minimum absolute atomic E-state index is 0.0271. The molecule has 0 bridgehead atoms. The largest absolute Gasteiger partial charge is 0.335 e. The van der Waals surface area contributed by atoms with Crippen LogP contribution in [0.5, 0.6) is 0 Å². The summed E-state index contributed by atoms with van der Waals surface area (Å²) >= 11 is 0.